The summed E-state index contributed by atoms with van der Waals surface area (Å²) < 4.78 is 5.45. The van der Waals surface area contributed by atoms with Gasteiger partial charge in [0.1, 0.15) is 11.8 Å². The number of anilines is 1. The van der Waals surface area contributed by atoms with E-state index in [1.165, 1.54) is 0 Å². The normalized spacial score (nSPS) is 11.7. The standard InChI is InChI=1S/C26H24ClN3O3/c1-2-33-19-13-11-18(12-14-19)29-26(32)24(30-25(31)21-8-3-5-9-22(21)27)15-17-16-28-23-10-6-4-7-20(17)23/h3-14,16,24,28H,2,15H2,1H3,(H,29,32)(H,30,31). The van der Waals surface area contributed by atoms with E-state index in [2.05, 4.69) is 15.6 Å². The molecule has 1 atom stereocenters. The van der Waals surface area contributed by atoms with E-state index in [0.717, 1.165) is 22.2 Å². The highest BCUT2D eigenvalue weighted by Gasteiger charge is 2.24. The number of rotatable bonds is 8. The average Bonchev–Trinajstić information content (AvgIpc) is 3.23. The third-order valence-electron chi connectivity index (χ3n) is 5.27. The molecule has 0 aliphatic rings. The fraction of sp³-hybridized carbons (Fsp3) is 0.154. The SMILES string of the molecule is CCOc1ccc(NC(=O)C(Cc2c[nH]c3ccccc23)NC(=O)c2ccccc2Cl)cc1. The summed E-state index contributed by atoms with van der Waals surface area (Å²) >= 11 is 6.20. The van der Waals surface area contributed by atoms with Crippen LogP contribution in [0.4, 0.5) is 5.69 Å². The number of carbonyl (C=O) groups is 2. The van der Waals surface area contributed by atoms with Gasteiger partial charge in [0.2, 0.25) is 5.91 Å². The van der Waals surface area contributed by atoms with E-state index in [1.54, 1.807) is 48.5 Å². The summed E-state index contributed by atoms with van der Waals surface area (Å²) in [6.07, 6.45) is 2.17. The number of halogens is 1. The van der Waals surface area contributed by atoms with Crippen LogP contribution < -0.4 is 15.4 Å². The van der Waals surface area contributed by atoms with Crippen molar-refractivity contribution in [3.63, 3.8) is 0 Å². The molecule has 1 unspecified atom stereocenters. The molecule has 0 saturated heterocycles. The van der Waals surface area contributed by atoms with Crippen molar-refractivity contribution < 1.29 is 14.3 Å². The molecule has 33 heavy (non-hydrogen) atoms. The minimum Gasteiger partial charge on any atom is -0.494 e. The number of aromatic nitrogens is 1. The number of hydrogen-bond acceptors (Lipinski definition) is 3. The van der Waals surface area contributed by atoms with Crippen molar-refractivity contribution in [2.45, 2.75) is 19.4 Å². The highest BCUT2D eigenvalue weighted by atomic mass is 35.5. The molecule has 3 aromatic carbocycles. The molecular formula is C26H24ClN3O3. The third kappa shape index (κ3) is 5.35. The number of carbonyl (C=O) groups excluding carboxylic acids is 2. The Morgan fingerprint density at radius 3 is 2.48 bits per heavy atom. The Labute approximate surface area is 196 Å². The molecule has 0 radical (unpaired) electrons. The van der Waals surface area contributed by atoms with Gasteiger partial charge < -0.3 is 20.4 Å². The zero-order valence-corrected chi connectivity index (χ0v) is 18.9. The number of aromatic amines is 1. The summed E-state index contributed by atoms with van der Waals surface area (Å²) in [4.78, 5) is 29.4. The van der Waals surface area contributed by atoms with E-state index in [-0.39, 0.29) is 5.91 Å². The minimum absolute atomic E-state index is 0.309. The number of benzene rings is 3. The van der Waals surface area contributed by atoms with Gasteiger partial charge in [0.05, 0.1) is 17.2 Å². The molecule has 0 fully saturated rings. The van der Waals surface area contributed by atoms with Gasteiger partial charge in [0, 0.05) is 29.2 Å². The van der Waals surface area contributed by atoms with Gasteiger partial charge in [-0.25, -0.2) is 0 Å². The van der Waals surface area contributed by atoms with Crippen molar-refractivity contribution in [1.82, 2.24) is 10.3 Å². The van der Waals surface area contributed by atoms with Crippen LogP contribution in [0.1, 0.15) is 22.8 Å². The lowest BCUT2D eigenvalue weighted by Gasteiger charge is -2.19. The Kier molecular flexibility index (Phi) is 6.95. The topological polar surface area (TPSA) is 83.2 Å². The van der Waals surface area contributed by atoms with E-state index in [9.17, 15) is 9.59 Å². The molecule has 0 spiro atoms. The molecule has 0 aliphatic carbocycles. The summed E-state index contributed by atoms with van der Waals surface area (Å²) in [7, 11) is 0. The maximum atomic E-state index is 13.2. The van der Waals surface area contributed by atoms with Crippen molar-refractivity contribution in [3.8, 4) is 5.75 Å². The predicted molar refractivity (Wildman–Crippen MR) is 131 cm³/mol. The van der Waals surface area contributed by atoms with Crippen LogP contribution in [0.3, 0.4) is 0 Å². The van der Waals surface area contributed by atoms with Crippen LogP contribution in [0, 0.1) is 0 Å². The Morgan fingerprint density at radius 2 is 1.73 bits per heavy atom. The van der Waals surface area contributed by atoms with Crippen molar-refractivity contribution >= 4 is 40.0 Å². The van der Waals surface area contributed by atoms with Crippen molar-refractivity contribution in [3.05, 3.63) is 95.1 Å². The summed E-state index contributed by atoms with van der Waals surface area (Å²) in [6.45, 7) is 2.47. The number of fused-ring (bicyclic) bond motifs is 1. The molecule has 168 valence electrons. The number of nitrogens with one attached hydrogen (secondary N) is 3. The second-order valence-corrected chi connectivity index (χ2v) is 7.92. The molecule has 4 rings (SSSR count). The Bertz CT molecular complexity index is 1270. The molecule has 7 heteroatoms. The highest BCUT2D eigenvalue weighted by Crippen LogP contribution is 2.21. The second-order valence-electron chi connectivity index (χ2n) is 7.52. The Hall–Kier alpha value is -3.77. The van der Waals surface area contributed by atoms with Gasteiger partial charge in [0.25, 0.3) is 5.91 Å². The first-order chi connectivity index (χ1) is 16.0. The smallest absolute Gasteiger partial charge is 0.253 e. The maximum Gasteiger partial charge on any atom is 0.253 e. The molecular weight excluding hydrogens is 438 g/mol. The van der Waals surface area contributed by atoms with E-state index < -0.39 is 11.9 Å². The summed E-state index contributed by atoms with van der Waals surface area (Å²) in [6, 6.07) is 20.9. The maximum absolute atomic E-state index is 13.2. The summed E-state index contributed by atoms with van der Waals surface area (Å²) in [5.74, 6) is -0.0185. The van der Waals surface area contributed by atoms with Crippen LogP contribution in [0.25, 0.3) is 10.9 Å². The van der Waals surface area contributed by atoms with Gasteiger partial charge in [-0.15, -0.1) is 0 Å². The second kappa shape index (κ2) is 10.2. The third-order valence-corrected chi connectivity index (χ3v) is 5.60. The van der Waals surface area contributed by atoms with Gasteiger partial charge in [0.15, 0.2) is 0 Å². The van der Waals surface area contributed by atoms with E-state index in [1.807, 2.05) is 37.4 Å². The zero-order chi connectivity index (χ0) is 23.2. The lowest BCUT2D eigenvalue weighted by Crippen LogP contribution is -2.45. The van der Waals surface area contributed by atoms with Crippen LogP contribution in [0.15, 0.2) is 79.0 Å². The summed E-state index contributed by atoms with van der Waals surface area (Å²) in [5.41, 5.74) is 2.82. The number of amides is 2. The molecule has 4 aromatic rings. The number of hydrogen-bond donors (Lipinski definition) is 3. The van der Waals surface area contributed by atoms with Gasteiger partial charge in [-0.05, 0) is 55.0 Å². The zero-order valence-electron chi connectivity index (χ0n) is 18.1. The van der Waals surface area contributed by atoms with Crippen molar-refractivity contribution in [1.29, 1.82) is 0 Å². The van der Waals surface area contributed by atoms with Crippen LogP contribution in [0.5, 0.6) is 5.75 Å². The van der Waals surface area contributed by atoms with E-state index in [0.29, 0.717) is 29.3 Å². The van der Waals surface area contributed by atoms with Crippen LogP contribution in [-0.4, -0.2) is 29.4 Å². The Balaban J connectivity index is 1.57. The number of H-pyrrole nitrogens is 1. The first-order valence-corrected chi connectivity index (χ1v) is 11.1. The molecule has 3 N–H and O–H groups in total. The van der Waals surface area contributed by atoms with E-state index >= 15 is 0 Å². The fourth-order valence-electron chi connectivity index (χ4n) is 3.64. The fourth-order valence-corrected chi connectivity index (χ4v) is 3.86. The Morgan fingerprint density at radius 1 is 1.00 bits per heavy atom. The van der Waals surface area contributed by atoms with Crippen molar-refractivity contribution in [2.24, 2.45) is 0 Å². The van der Waals surface area contributed by atoms with Crippen LogP contribution in [-0.2, 0) is 11.2 Å². The van der Waals surface area contributed by atoms with Gasteiger partial charge in [-0.1, -0.05) is 41.9 Å². The molecule has 2 amide bonds. The molecule has 6 nitrogen and oxygen atoms in total. The number of ether oxygens (including phenoxy) is 1. The molecule has 1 heterocycles. The lowest BCUT2D eigenvalue weighted by atomic mass is 10.0. The largest absolute Gasteiger partial charge is 0.494 e. The van der Waals surface area contributed by atoms with E-state index in [4.69, 9.17) is 16.3 Å². The number of para-hydroxylation sites is 1. The average molecular weight is 462 g/mol. The monoisotopic (exact) mass is 461 g/mol. The quantitative estimate of drug-likeness (QED) is 0.337. The first-order valence-electron chi connectivity index (χ1n) is 10.7. The van der Waals surface area contributed by atoms with Gasteiger partial charge >= 0.3 is 0 Å². The lowest BCUT2D eigenvalue weighted by molar-refractivity contribution is -0.118. The predicted octanol–water partition coefficient (Wildman–Crippen LogP) is 5.20. The molecule has 0 aliphatic heterocycles. The van der Waals surface area contributed by atoms with Gasteiger partial charge in [-0.3, -0.25) is 9.59 Å². The van der Waals surface area contributed by atoms with Gasteiger partial charge in [-0.2, -0.15) is 0 Å². The van der Waals surface area contributed by atoms with Crippen molar-refractivity contribution in [2.75, 3.05) is 11.9 Å². The minimum atomic E-state index is -0.820. The molecule has 0 bridgehead atoms. The molecule has 1 aromatic heterocycles. The first kappa shape index (κ1) is 22.4. The molecule has 0 saturated carbocycles. The summed E-state index contributed by atoms with van der Waals surface area (Å²) in [5, 5.41) is 7.08. The van der Waals surface area contributed by atoms with Crippen LogP contribution >= 0.6 is 11.6 Å². The highest BCUT2D eigenvalue weighted by molar-refractivity contribution is 6.33. The van der Waals surface area contributed by atoms with Crippen LogP contribution in [0.2, 0.25) is 5.02 Å².